The fraction of sp³-hybridized carbons (Fsp3) is 0.500. The fourth-order valence-corrected chi connectivity index (χ4v) is 1.83. The molecule has 1 unspecified atom stereocenters. The molecule has 0 spiro atoms. The SMILES string of the molecule is CNC(C)CNC(=O)c1sccc1OC. The molecule has 4 nitrogen and oxygen atoms in total. The lowest BCUT2D eigenvalue weighted by atomic mass is 10.3. The molecule has 2 N–H and O–H groups in total. The van der Waals surface area contributed by atoms with E-state index in [1.54, 1.807) is 13.2 Å². The van der Waals surface area contributed by atoms with E-state index in [9.17, 15) is 4.79 Å². The predicted octanol–water partition coefficient (Wildman–Crippen LogP) is 1.09. The summed E-state index contributed by atoms with van der Waals surface area (Å²) in [6.07, 6.45) is 0. The highest BCUT2D eigenvalue weighted by molar-refractivity contribution is 7.12. The molecule has 1 heterocycles. The summed E-state index contributed by atoms with van der Waals surface area (Å²) >= 11 is 1.38. The Morgan fingerprint density at radius 1 is 1.67 bits per heavy atom. The van der Waals surface area contributed by atoms with Crippen LogP contribution in [-0.2, 0) is 0 Å². The number of carbonyl (C=O) groups excluding carboxylic acids is 1. The summed E-state index contributed by atoms with van der Waals surface area (Å²) in [4.78, 5) is 12.3. The third kappa shape index (κ3) is 3.21. The highest BCUT2D eigenvalue weighted by atomic mass is 32.1. The molecule has 0 radical (unpaired) electrons. The third-order valence-electron chi connectivity index (χ3n) is 2.12. The van der Waals surface area contributed by atoms with Gasteiger partial charge in [0.25, 0.3) is 5.91 Å². The van der Waals surface area contributed by atoms with Crippen molar-refractivity contribution < 1.29 is 9.53 Å². The molecular weight excluding hydrogens is 212 g/mol. The van der Waals surface area contributed by atoms with Crippen molar-refractivity contribution in [2.24, 2.45) is 0 Å². The Bertz CT molecular complexity index is 325. The van der Waals surface area contributed by atoms with Gasteiger partial charge in [0.15, 0.2) is 0 Å². The first-order chi connectivity index (χ1) is 7.19. The second-order valence-electron chi connectivity index (χ2n) is 3.22. The third-order valence-corrected chi connectivity index (χ3v) is 3.01. The van der Waals surface area contributed by atoms with Gasteiger partial charge in [-0.25, -0.2) is 0 Å². The number of hydrogen-bond acceptors (Lipinski definition) is 4. The molecule has 0 aliphatic heterocycles. The Kier molecular flexibility index (Phi) is 4.58. The summed E-state index contributed by atoms with van der Waals surface area (Å²) in [6, 6.07) is 2.06. The van der Waals surface area contributed by atoms with Crippen molar-refractivity contribution in [1.82, 2.24) is 10.6 Å². The van der Waals surface area contributed by atoms with Crippen LogP contribution in [0.15, 0.2) is 11.4 Å². The van der Waals surface area contributed by atoms with E-state index in [-0.39, 0.29) is 11.9 Å². The Hall–Kier alpha value is -1.07. The van der Waals surface area contributed by atoms with Gasteiger partial charge < -0.3 is 15.4 Å². The van der Waals surface area contributed by atoms with Gasteiger partial charge in [0.1, 0.15) is 10.6 Å². The molecule has 1 rings (SSSR count). The smallest absolute Gasteiger partial charge is 0.265 e. The standard InChI is InChI=1S/C10H16N2O2S/c1-7(11-2)6-12-10(13)9-8(14-3)4-5-15-9/h4-5,7,11H,6H2,1-3H3,(H,12,13). The van der Waals surface area contributed by atoms with Gasteiger partial charge >= 0.3 is 0 Å². The van der Waals surface area contributed by atoms with Crippen molar-refractivity contribution in [2.45, 2.75) is 13.0 Å². The lowest BCUT2D eigenvalue weighted by Gasteiger charge is -2.11. The molecule has 15 heavy (non-hydrogen) atoms. The molecule has 0 fully saturated rings. The normalized spacial score (nSPS) is 12.2. The average Bonchev–Trinajstić information content (AvgIpc) is 2.73. The first-order valence-electron chi connectivity index (χ1n) is 4.76. The van der Waals surface area contributed by atoms with Gasteiger partial charge in [0.05, 0.1) is 7.11 Å². The number of hydrogen-bond donors (Lipinski definition) is 2. The summed E-state index contributed by atoms with van der Waals surface area (Å²) in [7, 11) is 3.43. The molecule has 1 aromatic rings. The number of thiophene rings is 1. The van der Waals surface area contributed by atoms with E-state index in [1.165, 1.54) is 11.3 Å². The minimum Gasteiger partial charge on any atom is -0.495 e. The molecule has 1 aromatic heterocycles. The molecule has 0 bridgehead atoms. The van der Waals surface area contributed by atoms with Gasteiger partial charge in [-0.2, -0.15) is 0 Å². The summed E-state index contributed by atoms with van der Waals surface area (Å²) in [5, 5.41) is 7.73. The van der Waals surface area contributed by atoms with Crippen molar-refractivity contribution in [3.8, 4) is 5.75 Å². The Morgan fingerprint density at radius 3 is 3.00 bits per heavy atom. The molecule has 5 heteroatoms. The van der Waals surface area contributed by atoms with Crippen LogP contribution < -0.4 is 15.4 Å². The summed E-state index contributed by atoms with van der Waals surface area (Å²) in [6.45, 7) is 2.61. The summed E-state index contributed by atoms with van der Waals surface area (Å²) in [5.74, 6) is 0.554. The number of amides is 1. The lowest BCUT2D eigenvalue weighted by Crippen LogP contribution is -2.36. The van der Waals surface area contributed by atoms with Gasteiger partial charge in [0, 0.05) is 12.6 Å². The molecule has 0 aliphatic rings. The number of ether oxygens (including phenoxy) is 1. The van der Waals surface area contributed by atoms with Gasteiger partial charge in [-0.15, -0.1) is 11.3 Å². The number of rotatable bonds is 5. The van der Waals surface area contributed by atoms with Crippen LogP contribution in [0.5, 0.6) is 5.75 Å². The second-order valence-corrected chi connectivity index (χ2v) is 4.13. The highest BCUT2D eigenvalue weighted by Gasteiger charge is 2.13. The van der Waals surface area contributed by atoms with Crippen LogP contribution in [0.1, 0.15) is 16.6 Å². The molecule has 0 saturated carbocycles. The number of carbonyl (C=O) groups is 1. The van der Waals surface area contributed by atoms with E-state index >= 15 is 0 Å². The maximum Gasteiger partial charge on any atom is 0.265 e. The molecular formula is C10H16N2O2S. The van der Waals surface area contributed by atoms with Crippen molar-refractivity contribution in [3.05, 3.63) is 16.3 Å². The van der Waals surface area contributed by atoms with Gasteiger partial charge in [-0.05, 0) is 25.4 Å². The maximum atomic E-state index is 11.7. The quantitative estimate of drug-likeness (QED) is 0.793. The predicted molar refractivity (Wildman–Crippen MR) is 61.7 cm³/mol. The first-order valence-corrected chi connectivity index (χ1v) is 5.64. The van der Waals surface area contributed by atoms with Crippen LogP contribution in [0.4, 0.5) is 0 Å². The zero-order valence-electron chi connectivity index (χ0n) is 9.16. The molecule has 0 aliphatic carbocycles. The van der Waals surface area contributed by atoms with E-state index in [1.807, 2.05) is 19.4 Å². The van der Waals surface area contributed by atoms with Crippen LogP contribution in [0.3, 0.4) is 0 Å². The minimum atomic E-state index is -0.0797. The Morgan fingerprint density at radius 2 is 2.40 bits per heavy atom. The minimum absolute atomic E-state index is 0.0797. The van der Waals surface area contributed by atoms with Crippen LogP contribution in [-0.4, -0.2) is 32.7 Å². The van der Waals surface area contributed by atoms with Crippen LogP contribution >= 0.6 is 11.3 Å². The van der Waals surface area contributed by atoms with Gasteiger partial charge in [-0.3, -0.25) is 4.79 Å². The zero-order valence-corrected chi connectivity index (χ0v) is 9.98. The van der Waals surface area contributed by atoms with Crippen molar-refractivity contribution >= 4 is 17.2 Å². The Balaban J connectivity index is 2.54. The van der Waals surface area contributed by atoms with Crippen LogP contribution in [0.2, 0.25) is 0 Å². The van der Waals surface area contributed by atoms with Crippen molar-refractivity contribution in [3.63, 3.8) is 0 Å². The number of methoxy groups -OCH3 is 1. The fourth-order valence-electron chi connectivity index (χ4n) is 1.05. The van der Waals surface area contributed by atoms with E-state index in [0.29, 0.717) is 17.2 Å². The molecule has 1 amide bonds. The van der Waals surface area contributed by atoms with Gasteiger partial charge in [-0.1, -0.05) is 0 Å². The van der Waals surface area contributed by atoms with Crippen LogP contribution in [0, 0.1) is 0 Å². The molecule has 1 atom stereocenters. The highest BCUT2D eigenvalue weighted by Crippen LogP contribution is 2.23. The largest absolute Gasteiger partial charge is 0.495 e. The number of nitrogens with one attached hydrogen (secondary N) is 2. The van der Waals surface area contributed by atoms with E-state index < -0.39 is 0 Å². The second kappa shape index (κ2) is 5.72. The number of likely N-dealkylation sites (N-methyl/N-ethyl adjacent to an activating group) is 1. The Labute approximate surface area is 93.6 Å². The monoisotopic (exact) mass is 228 g/mol. The summed E-state index contributed by atoms with van der Waals surface area (Å²) in [5.41, 5.74) is 0. The average molecular weight is 228 g/mol. The lowest BCUT2D eigenvalue weighted by molar-refractivity contribution is 0.0952. The van der Waals surface area contributed by atoms with Crippen LogP contribution in [0.25, 0.3) is 0 Å². The summed E-state index contributed by atoms with van der Waals surface area (Å²) < 4.78 is 5.07. The molecule has 0 aromatic carbocycles. The topological polar surface area (TPSA) is 50.4 Å². The zero-order chi connectivity index (χ0) is 11.3. The van der Waals surface area contributed by atoms with Gasteiger partial charge in [0.2, 0.25) is 0 Å². The van der Waals surface area contributed by atoms with E-state index in [2.05, 4.69) is 10.6 Å². The van der Waals surface area contributed by atoms with E-state index in [0.717, 1.165) is 0 Å². The molecule has 84 valence electrons. The van der Waals surface area contributed by atoms with E-state index in [4.69, 9.17) is 4.74 Å². The van der Waals surface area contributed by atoms with Crippen molar-refractivity contribution in [1.29, 1.82) is 0 Å². The first kappa shape index (κ1) is 12.0. The molecule has 0 saturated heterocycles. The maximum absolute atomic E-state index is 11.7. The van der Waals surface area contributed by atoms with Crippen molar-refractivity contribution in [2.75, 3.05) is 20.7 Å².